The van der Waals surface area contributed by atoms with Gasteiger partial charge in [0, 0.05) is 12.6 Å². The van der Waals surface area contributed by atoms with Gasteiger partial charge >= 0.3 is 0 Å². The van der Waals surface area contributed by atoms with E-state index in [4.69, 9.17) is 4.74 Å². The molecule has 24 heavy (non-hydrogen) atoms. The van der Waals surface area contributed by atoms with Crippen molar-refractivity contribution >= 4 is 15.9 Å². The first-order chi connectivity index (χ1) is 11.5. The summed E-state index contributed by atoms with van der Waals surface area (Å²) in [7, 11) is -3.33. The van der Waals surface area contributed by atoms with Crippen LogP contribution in [0.15, 0.2) is 24.3 Å². The summed E-state index contributed by atoms with van der Waals surface area (Å²) >= 11 is 0. The zero-order chi connectivity index (χ0) is 17.4. The van der Waals surface area contributed by atoms with Crippen molar-refractivity contribution < 1.29 is 17.9 Å². The Balaban J connectivity index is 1.70. The van der Waals surface area contributed by atoms with E-state index in [-0.39, 0.29) is 30.7 Å². The second-order valence-corrected chi connectivity index (χ2v) is 7.90. The maximum atomic E-state index is 11.9. The van der Waals surface area contributed by atoms with Gasteiger partial charge in [-0.15, -0.1) is 0 Å². The fourth-order valence-corrected chi connectivity index (χ4v) is 4.03. The van der Waals surface area contributed by atoms with Gasteiger partial charge in [-0.05, 0) is 37.5 Å². The fourth-order valence-electron chi connectivity index (χ4n) is 2.80. The van der Waals surface area contributed by atoms with Crippen LogP contribution in [0.2, 0.25) is 0 Å². The molecule has 1 aromatic rings. The second kappa shape index (κ2) is 9.03. The zero-order valence-electron chi connectivity index (χ0n) is 14.1. The number of nitrogens with one attached hydrogen (secondary N) is 2. The largest absolute Gasteiger partial charge is 0.494 e. The summed E-state index contributed by atoms with van der Waals surface area (Å²) in [4.78, 5) is 11.9. The third-order valence-electron chi connectivity index (χ3n) is 3.99. The van der Waals surface area contributed by atoms with Gasteiger partial charge in [0.25, 0.3) is 0 Å². The van der Waals surface area contributed by atoms with Crippen LogP contribution in [0.4, 0.5) is 0 Å². The maximum Gasteiger partial charge on any atom is 0.224 e. The molecule has 2 N–H and O–H groups in total. The highest BCUT2D eigenvalue weighted by Crippen LogP contribution is 2.18. The molecule has 0 aromatic heterocycles. The minimum absolute atomic E-state index is 0.0644. The Morgan fingerprint density at radius 2 is 1.88 bits per heavy atom. The van der Waals surface area contributed by atoms with E-state index >= 15 is 0 Å². The highest BCUT2D eigenvalue weighted by atomic mass is 32.2. The van der Waals surface area contributed by atoms with Crippen molar-refractivity contribution in [2.24, 2.45) is 0 Å². The Kier molecular flexibility index (Phi) is 7.05. The molecule has 0 radical (unpaired) electrons. The minimum Gasteiger partial charge on any atom is -0.494 e. The summed E-state index contributed by atoms with van der Waals surface area (Å²) in [6, 6.07) is 7.38. The van der Waals surface area contributed by atoms with Crippen LogP contribution in [-0.2, 0) is 21.2 Å². The lowest BCUT2D eigenvalue weighted by molar-refractivity contribution is -0.120. The Morgan fingerprint density at radius 1 is 1.21 bits per heavy atom. The first-order valence-electron chi connectivity index (χ1n) is 8.47. The molecule has 0 spiro atoms. The second-order valence-electron chi connectivity index (χ2n) is 6.02. The quantitative estimate of drug-likeness (QED) is 0.705. The van der Waals surface area contributed by atoms with Gasteiger partial charge in [0.2, 0.25) is 15.9 Å². The Hall–Kier alpha value is -1.60. The number of hydrogen-bond acceptors (Lipinski definition) is 4. The van der Waals surface area contributed by atoms with Crippen LogP contribution >= 0.6 is 0 Å². The molecule has 1 saturated carbocycles. The molecule has 0 unspecified atom stereocenters. The monoisotopic (exact) mass is 354 g/mol. The van der Waals surface area contributed by atoms with Gasteiger partial charge in [-0.2, -0.15) is 0 Å². The van der Waals surface area contributed by atoms with Crippen molar-refractivity contribution in [3.8, 4) is 5.75 Å². The summed E-state index contributed by atoms with van der Waals surface area (Å²) in [6.07, 6.45) is 4.19. The summed E-state index contributed by atoms with van der Waals surface area (Å²) < 4.78 is 32.0. The smallest absolute Gasteiger partial charge is 0.224 e. The molecule has 7 heteroatoms. The van der Waals surface area contributed by atoms with Crippen LogP contribution < -0.4 is 14.8 Å². The van der Waals surface area contributed by atoms with Crippen LogP contribution in [0.1, 0.15) is 38.2 Å². The zero-order valence-corrected chi connectivity index (χ0v) is 14.9. The SMILES string of the molecule is CCOc1ccc(CC(=O)NCCS(=O)(=O)NC2CCCC2)cc1. The molecule has 2 rings (SSSR count). The molecule has 1 aromatic carbocycles. The molecule has 6 nitrogen and oxygen atoms in total. The number of ether oxygens (including phenoxy) is 1. The van der Waals surface area contributed by atoms with Crippen LogP contribution in [0, 0.1) is 0 Å². The van der Waals surface area contributed by atoms with E-state index in [2.05, 4.69) is 10.0 Å². The predicted octanol–water partition coefficient (Wildman–Crippen LogP) is 1.61. The van der Waals surface area contributed by atoms with E-state index in [1.807, 2.05) is 31.2 Å². The maximum absolute atomic E-state index is 11.9. The van der Waals surface area contributed by atoms with Gasteiger partial charge in [-0.25, -0.2) is 13.1 Å². The molecule has 0 bridgehead atoms. The highest BCUT2D eigenvalue weighted by molar-refractivity contribution is 7.89. The minimum atomic E-state index is -3.33. The van der Waals surface area contributed by atoms with Crippen molar-refractivity contribution in [2.45, 2.75) is 45.1 Å². The average molecular weight is 354 g/mol. The summed E-state index contributed by atoms with van der Waals surface area (Å²) in [5.41, 5.74) is 0.864. The van der Waals surface area contributed by atoms with Gasteiger partial charge in [-0.3, -0.25) is 4.79 Å². The lowest BCUT2D eigenvalue weighted by Crippen LogP contribution is -2.38. The highest BCUT2D eigenvalue weighted by Gasteiger charge is 2.21. The van der Waals surface area contributed by atoms with E-state index in [0.717, 1.165) is 37.0 Å². The van der Waals surface area contributed by atoms with Crippen LogP contribution in [-0.4, -0.2) is 39.3 Å². The fraction of sp³-hybridized carbons (Fsp3) is 0.588. The number of carbonyl (C=O) groups excluding carboxylic acids is 1. The van der Waals surface area contributed by atoms with Gasteiger partial charge < -0.3 is 10.1 Å². The average Bonchev–Trinajstić information content (AvgIpc) is 3.01. The summed E-state index contributed by atoms with van der Waals surface area (Å²) in [5, 5.41) is 2.66. The van der Waals surface area contributed by atoms with Crippen LogP contribution in [0.3, 0.4) is 0 Å². The van der Waals surface area contributed by atoms with E-state index in [0.29, 0.717) is 6.61 Å². The molecule has 1 amide bonds. The van der Waals surface area contributed by atoms with Gasteiger partial charge in [-0.1, -0.05) is 25.0 Å². The number of amides is 1. The predicted molar refractivity (Wildman–Crippen MR) is 93.5 cm³/mol. The first kappa shape index (κ1) is 18.7. The number of rotatable bonds is 9. The molecule has 134 valence electrons. The molecule has 0 atom stereocenters. The van der Waals surface area contributed by atoms with Crippen molar-refractivity contribution in [1.29, 1.82) is 0 Å². The van der Waals surface area contributed by atoms with Gasteiger partial charge in [0.1, 0.15) is 5.75 Å². The normalized spacial score (nSPS) is 15.4. The number of carbonyl (C=O) groups is 1. The molecular formula is C17H26N2O4S. The Labute approximate surface area is 144 Å². The standard InChI is InChI=1S/C17H26N2O4S/c1-2-23-16-9-7-14(8-10-16)13-17(20)18-11-12-24(21,22)19-15-5-3-4-6-15/h7-10,15,19H,2-6,11-13H2,1H3,(H,18,20). The summed E-state index contributed by atoms with van der Waals surface area (Å²) in [6.45, 7) is 2.64. The molecule has 1 aliphatic rings. The third-order valence-corrected chi connectivity index (χ3v) is 5.43. The van der Waals surface area contributed by atoms with Crippen molar-refractivity contribution in [1.82, 2.24) is 10.0 Å². The molecule has 0 saturated heterocycles. The van der Waals surface area contributed by atoms with Crippen molar-refractivity contribution in [3.05, 3.63) is 29.8 Å². The molecule has 1 fully saturated rings. The molecular weight excluding hydrogens is 328 g/mol. The Bertz CT molecular complexity index is 622. The van der Waals surface area contributed by atoms with Crippen molar-refractivity contribution in [3.63, 3.8) is 0 Å². The van der Waals surface area contributed by atoms with Gasteiger partial charge in [0.15, 0.2) is 0 Å². The van der Waals surface area contributed by atoms with Gasteiger partial charge in [0.05, 0.1) is 18.8 Å². The lowest BCUT2D eigenvalue weighted by atomic mass is 10.1. The Morgan fingerprint density at radius 3 is 2.50 bits per heavy atom. The topological polar surface area (TPSA) is 84.5 Å². The molecule has 1 aliphatic carbocycles. The van der Waals surface area contributed by atoms with E-state index < -0.39 is 10.0 Å². The van der Waals surface area contributed by atoms with Crippen LogP contribution in [0.5, 0.6) is 5.75 Å². The first-order valence-corrected chi connectivity index (χ1v) is 10.1. The summed E-state index contributed by atoms with van der Waals surface area (Å²) in [5.74, 6) is 0.499. The number of benzene rings is 1. The van der Waals surface area contributed by atoms with E-state index in [1.165, 1.54) is 0 Å². The number of hydrogen-bond donors (Lipinski definition) is 2. The number of sulfonamides is 1. The van der Waals surface area contributed by atoms with Crippen LogP contribution in [0.25, 0.3) is 0 Å². The lowest BCUT2D eigenvalue weighted by Gasteiger charge is -2.12. The van der Waals surface area contributed by atoms with Crippen molar-refractivity contribution in [2.75, 3.05) is 18.9 Å². The van der Waals surface area contributed by atoms with E-state index in [9.17, 15) is 13.2 Å². The third kappa shape index (κ3) is 6.49. The molecule has 0 heterocycles. The van der Waals surface area contributed by atoms with E-state index in [1.54, 1.807) is 0 Å². The molecule has 0 aliphatic heterocycles.